The van der Waals surface area contributed by atoms with Gasteiger partial charge in [0, 0.05) is 17.1 Å². The van der Waals surface area contributed by atoms with Gasteiger partial charge >= 0.3 is 0 Å². The van der Waals surface area contributed by atoms with Crippen LogP contribution in [0.3, 0.4) is 0 Å². The second kappa shape index (κ2) is 5.20. The minimum absolute atomic E-state index is 0.195. The molecule has 4 aromatic heterocycles. The molecule has 5 aromatic rings. The zero-order chi connectivity index (χ0) is 16.8. The van der Waals surface area contributed by atoms with Gasteiger partial charge in [0.1, 0.15) is 11.2 Å². The number of aromatic nitrogens is 5. The van der Waals surface area contributed by atoms with Gasteiger partial charge < -0.3 is 19.7 Å². The van der Waals surface area contributed by atoms with Crippen LogP contribution in [-0.2, 0) is 6.54 Å². The molecule has 25 heavy (non-hydrogen) atoms. The predicted octanol–water partition coefficient (Wildman–Crippen LogP) is 3.20. The zero-order valence-corrected chi connectivity index (χ0v) is 13.2. The number of rotatable bonds is 3. The second-order valence-corrected chi connectivity index (χ2v) is 5.81. The van der Waals surface area contributed by atoms with Crippen molar-refractivity contribution < 1.29 is 4.42 Å². The molecule has 0 bridgehead atoms. The number of imidazole rings is 1. The second-order valence-electron chi connectivity index (χ2n) is 5.81. The molecule has 0 aliphatic carbocycles. The van der Waals surface area contributed by atoms with E-state index >= 15 is 0 Å². The molecule has 0 saturated carbocycles. The Bertz CT molecular complexity index is 1190. The van der Waals surface area contributed by atoms with Gasteiger partial charge in [-0.1, -0.05) is 12.1 Å². The summed E-state index contributed by atoms with van der Waals surface area (Å²) in [6.45, 7) is 0.639. The summed E-state index contributed by atoms with van der Waals surface area (Å²) in [5, 5.41) is 1.18. The lowest BCUT2D eigenvalue weighted by Crippen LogP contribution is -2.03. The highest BCUT2D eigenvalue weighted by Gasteiger charge is 2.16. The molecule has 3 N–H and O–H groups in total. The topological polar surface area (TPSA) is 98.5 Å². The van der Waals surface area contributed by atoms with Gasteiger partial charge in [0.05, 0.1) is 19.1 Å². The van der Waals surface area contributed by atoms with E-state index in [1.807, 2.05) is 29.0 Å². The van der Waals surface area contributed by atoms with Crippen LogP contribution in [0.5, 0.6) is 0 Å². The molecule has 0 atom stereocenters. The molecule has 122 valence electrons. The summed E-state index contributed by atoms with van der Waals surface area (Å²) in [5.41, 5.74) is 10.2. The zero-order valence-electron chi connectivity index (χ0n) is 13.2. The van der Waals surface area contributed by atoms with Crippen molar-refractivity contribution in [3.63, 3.8) is 0 Å². The standard InChI is InChI=1S/C18H14N6O/c19-18-22-15(14-5-2-8-25-14)16-17(23-18)24(10-21-16)9-11-3-1-4-13-12(11)6-7-20-13/h1-8,10,20H,9H2,(H2,19,22,23). The highest BCUT2D eigenvalue weighted by molar-refractivity contribution is 5.87. The number of furan rings is 1. The van der Waals surface area contributed by atoms with Crippen molar-refractivity contribution >= 4 is 28.0 Å². The SMILES string of the molecule is Nc1nc(-c2ccco2)c2ncn(Cc3cccc4[nH]ccc34)c2n1. The summed E-state index contributed by atoms with van der Waals surface area (Å²) in [6.07, 6.45) is 5.30. The Balaban J connectivity index is 1.67. The van der Waals surface area contributed by atoms with E-state index in [-0.39, 0.29) is 5.95 Å². The third kappa shape index (κ3) is 2.17. The fraction of sp³-hybridized carbons (Fsp3) is 0.0556. The molecular weight excluding hydrogens is 316 g/mol. The van der Waals surface area contributed by atoms with Crippen LogP contribution in [0.2, 0.25) is 0 Å². The number of nitrogen functional groups attached to an aromatic ring is 1. The van der Waals surface area contributed by atoms with E-state index in [0.717, 1.165) is 5.52 Å². The summed E-state index contributed by atoms with van der Waals surface area (Å²) in [4.78, 5) is 16.4. The smallest absolute Gasteiger partial charge is 0.222 e. The molecule has 0 aliphatic rings. The van der Waals surface area contributed by atoms with Crippen LogP contribution < -0.4 is 5.73 Å². The van der Waals surface area contributed by atoms with Crippen LogP contribution >= 0.6 is 0 Å². The first-order valence-electron chi connectivity index (χ1n) is 7.87. The van der Waals surface area contributed by atoms with Crippen LogP contribution in [0.4, 0.5) is 5.95 Å². The fourth-order valence-corrected chi connectivity index (χ4v) is 3.13. The molecular formula is C18H14N6O. The third-order valence-electron chi connectivity index (χ3n) is 4.26. The number of benzene rings is 1. The maximum Gasteiger partial charge on any atom is 0.222 e. The Morgan fingerprint density at radius 3 is 2.96 bits per heavy atom. The lowest BCUT2D eigenvalue weighted by Gasteiger charge is -2.07. The van der Waals surface area contributed by atoms with Gasteiger partial charge in [-0.15, -0.1) is 0 Å². The fourth-order valence-electron chi connectivity index (χ4n) is 3.13. The lowest BCUT2D eigenvalue weighted by atomic mass is 10.1. The quantitative estimate of drug-likeness (QED) is 0.529. The van der Waals surface area contributed by atoms with Crippen molar-refractivity contribution in [2.24, 2.45) is 0 Å². The predicted molar refractivity (Wildman–Crippen MR) is 94.8 cm³/mol. The van der Waals surface area contributed by atoms with Gasteiger partial charge in [-0.05, 0) is 29.8 Å². The summed E-state index contributed by atoms with van der Waals surface area (Å²) >= 11 is 0. The number of hydrogen-bond acceptors (Lipinski definition) is 5. The summed E-state index contributed by atoms with van der Waals surface area (Å²) in [6, 6.07) is 11.9. The lowest BCUT2D eigenvalue weighted by molar-refractivity contribution is 0.580. The van der Waals surface area contributed by atoms with E-state index in [2.05, 4.69) is 38.1 Å². The molecule has 5 rings (SSSR count). The van der Waals surface area contributed by atoms with Crippen LogP contribution in [0, 0.1) is 0 Å². The van der Waals surface area contributed by atoms with E-state index in [4.69, 9.17) is 10.2 Å². The average molecular weight is 330 g/mol. The largest absolute Gasteiger partial charge is 0.463 e. The van der Waals surface area contributed by atoms with E-state index in [1.165, 1.54) is 10.9 Å². The van der Waals surface area contributed by atoms with Crippen molar-refractivity contribution in [2.75, 3.05) is 5.73 Å². The molecule has 7 heteroatoms. The van der Waals surface area contributed by atoms with E-state index in [9.17, 15) is 0 Å². The highest BCUT2D eigenvalue weighted by atomic mass is 16.3. The number of hydrogen-bond donors (Lipinski definition) is 2. The Morgan fingerprint density at radius 1 is 1.12 bits per heavy atom. The van der Waals surface area contributed by atoms with Gasteiger partial charge in [0.25, 0.3) is 0 Å². The number of nitrogens with zero attached hydrogens (tertiary/aromatic N) is 4. The molecule has 0 radical (unpaired) electrons. The molecule has 0 spiro atoms. The minimum atomic E-state index is 0.195. The van der Waals surface area contributed by atoms with Crippen molar-refractivity contribution in [3.8, 4) is 11.5 Å². The number of aromatic amines is 1. The molecule has 4 heterocycles. The molecule has 0 fully saturated rings. The molecule has 7 nitrogen and oxygen atoms in total. The number of H-pyrrole nitrogens is 1. The summed E-state index contributed by atoms with van der Waals surface area (Å²) in [7, 11) is 0. The normalized spacial score (nSPS) is 11.5. The molecule has 0 unspecified atom stereocenters. The molecule has 1 aromatic carbocycles. The van der Waals surface area contributed by atoms with Crippen molar-refractivity contribution in [1.82, 2.24) is 24.5 Å². The van der Waals surface area contributed by atoms with Crippen LogP contribution in [0.15, 0.2) is 59.6 Å². The summed E-state index contributed by atoms with van der Waals surface area (Å²) < 4.78 is 7.43. The van der Waals surface area contributed by atoms with Crippen LogP contribution in [0.25, 0.3) is 33.5 Å². The van der Waals surface area contributed by atoms with Crippen molar-refractivity contribution in [3.05, 3.63) is 60.7 Å². The number of anilines is 1. The maximum absolute atomic E-state index is 5.92. The monoisotopic (exact) mass is 330 g/mol. The maximum atomic E-state index is 5.92. The number of fused-ring (bicyclic) bond motifs is 2. The van der Waals surface area contributed by atoms with Gasteiger partial charge in [-0.25, -0.2) is 9.97 Å². The Labute approximate surface area is 142 Å². The van der Waals surface area contributed by atoms with E-state index in [0.29, 0.717) is 29.2 Å². The molecule has 0 aliphatic heterocycles. The Morgan fingerprint density at radius 2 is 2.08 bits per heavy atom. The van der Waals surface area contributed by atoms with Gasteiger partial charge in [-0.2, -0.15) is 4.98 Å². The first-order chi connectivity index (χ1) is 12.3. The summed E-state index contributed by atoms with van der Waals surface area (Å²) in [5.74, 6) is 0.817. The van der Waals surface area contributed by atoms with Gasteiger partial charge in [-0.3, -0.25) is 0 Å². The molecule has 0 saturated heterocycles. The van der Waals surface area contributed by atoms with Crippen LogP contribution in [0.1, 0.15) is 5.56 Å². The molecule has 0 amide bonds. The Kier molecular flexibility index (Phi) is 2.87. The first kappa shape index (κ1) is 13.8. The van der Waals surface area contributed by atoms with E-state index in [1.54, 1.807) is 12.6 Å². The first-order valence-corrected chi connectivity index (χ1v) is 7.87. The van der Waals surface area contributed by atoms with Crippen LogP contribution in [-0.4, -0.2) is 24.5 Å². The minimum Gasteiger partial charge on any atom is -0.463 e. The van der Waals surface area contributed by atoms with Gasteiger partial charge in [0.2, 0.25) is 5.95 Å². The van der Waals surface area contributed by atoms with Crippen molar-refractivity contribution in [2.45, 2.75) is 6.54 Å². The Hall–Kier alpha value is -3.61. The van der Waals surface area contributed by atoms with Gasteiger partial charge in [0.15, 0.2) is 11.4 Å². The third-order valence-corrected chi connectivity index (χ3v) is 4.26. The van der Waals surface area contributed by atoms with Crippen molar-refractivity contribution in [1.29, 1.82) is 0 Å². The number of nitrogens with two attached hydrogens (primary N) is 1. The highest BCUT2D eigenvalue weighted by Crippen LogP contribution is 2.27. The average Bonchev–Trinajstić information content (AvgIpc) is 3.35. The van der Waals surface area contributed by atoms with E-state index < -0.39 is 0 Å². The number of nitrogens with one attached hydrogen (secondary N) is 1.